The Morgan fingerprint density at radius 1 is 0.684 bits per heavy atom. The molecule has 6 rings (SSSR count). The summed E-state index contributed by atoms with van der Waals surface area (Å²) in [6.07, 6.45) is 5.27. The number of rotatable bonds is 16. The molecule has 0 radical (unpaired) electrons. The number of anilines is 1. The van der Waals surface area contributed by atoms with Gasteiger partial charge in [-0.15, -0.1) is 8.80 Å². The zero-order valence-electron chi connectivity index (χ0n) is 41.0. The predicted molar refractivity (Wildman–Crippen MR) is 290 cm³/mol. The summed E-state index contributed by atoms with van der Waals surface area (Å²) in [5, 5.41) is 28.4. The molecular weight excluding hydrogens is 1160 g/mol. The van der Waals surface area contributed by atoms with Crippen LogP contribution in [0.1, 0.15) is 31.1 Å². The monoisotopic (exact) mass is 1210 g/mol. The van der Waals surface area contributed by atoms with Gasteiger partial charge in [0.15, 0.2) is 5.16 Å². The molecule has 0 bridgehead atoms. The number of nitrogens with zero attached hydrogens (tertiary/aromatic N) is 10. The number of primary sulfonamides is 1. The molecule has 0 saturated carbocycles. The topological polar surface area (TPSA) is 393 Å². The number of sulfonamides is 3. The molecule has 0 saturated heterocycles. The number of ether oxygens (including phenoxy) is 3. The SMILES string of the molecule is COC(=O)c1cc(N)c(SC2=NCCS2)c(S(=O)(=O)N=CN(C)C)c1.COC(=O)c1cc([N+](=O)[O-])c(SC2=NCCS2)c(S(=O)(=O)N=CN(C)C)c1.COC(=O)c1cc([N+](=O)[O-])c(Sc2nccn2C)c(S(N)(=O)=O)c1. The van der Waals surface area contributed by atoms with Crippen molar-refractivity contribution >= 4 is 145 Å². The number of esters is 3. The molecule has 0 fully saturated rings. The molecule has 0 spiro atoms. The van der Waals surface area contributed by atoms with E-state index in [9.17, 15) is 59.9 Å². The number of carbonyl (C=O) groups is 3. The number of hydrogen-bond acceptors (Lipinski definition) is 25. The van der Waals surface area contributed by atoms with E-state index in [4.69, 9.17) is 10.9 Å². The van der Waals surface area contributed by atoms with E-state index in [-0.39, 0.29) is 37.1 Å². The van der Waals surface area contributed by atoms with Crippen LogP contribution in [-0.2, 0) is 51.3 Å². The predicted octanol–water partition coefficient (Wildman–Crippen LogP) is 4.30. The number of thioether (sulfide) groups is 4. The van der Waals surface area contributed by atoms with E-state index < -0.39 is 79.0 Å². The standard InChI is InChI=1S/C14H16N4O6S3.C14H18N4O4S3.C12H12N4O6S2/c1-17(2)8-16-27(22,23)11-7-9(13(19)24-3)6-10(18(20)21)12(11)26-14-15-4-5-25-14;1-18(2)8-17-25(20,21)11-7-9(13(19)22-3)6-10(15)12(11)24-14-16-4-5-23-14;1-15-4-3-14-12(15)23-10-8(16(18)19)5-7(11(17)22-2)6-9(10)24(13,20)21/h6-8H,4-5H2,1-3H3;6-8H,4-5,15H2,1-3H3;3-6H,1-2H3,(H2,13,20,21). The molecule has 36 heteroatoms. The summed E-state index contributed by atoms with van der Waals surface area (Å²) in [5.74, 6) is -0.948. The molecule has 76 heavy (non-hydrogen) atoms. The van der Waals surface area contributed by atoms with Crippen LogP contribution in [-0.4, -0.2) is 168 Å². The molecule has 28 nitrogen and oxygen atoms in total. The highest BCUT2D eigenvalue weighted by atomic mass is 32.2. The van der Waals surface area contributed by atoms with Gasteiger partial charge in [-0.05, 0) is 36.0 Å². The second kappa shape index (κ2) is 27.2. The van der Waals surface area contributed by atoms with Gasteiger partial charge in [-0.1, -0.05) is 47.0 Å². The molecule has 3 aromatic carbocycles. The Kier molecular flexibility index (Phi) is 22.2. The van der Waals surface area contributed by atoms with Crippen molar-refractivity contribution in [1.29, 1.82) is 0 Å². The van der Waals surface area contributed by atoms with Crippen LogP contribution in [0.3, 0.4) is 0 Å². The van der Waals surface area contributed by atoms with Crippen molar-refractivity contribution < 1.29 is 63.7 Å². The zero-order chi connectivity index (χ0) is 56.9. The molecule has 3 heterocycles. The van der Waals surface area contributed by atoms with Gasteiger partial charge in [-0.3, -0.25) is 30.2 Å². The first kappa shape index (κ1) is 62.3. The largest absolute Gasteiger partial charge is 0.465 e. The van der Waals surface area contributed by atoms with Gasteiger partial charge in [-0.2, -0.15) is 16.8 Å². The van der Waals surface area contributed by atoms with E-state index in [0.29, 0.717) is 33.3 Å². The number of nitro benzene ring substituents is 2. The van der Waals surface area contributed by atoms with Gasteiger partial charge in [0.1, 0.15) is 45.9 Å². The minimum absolute atomic E-state index is 0.0454. The first-order valence-corrected chi connectivity index (χ1v) is 29.5. The van der Waals surface area contributed by atoms with Crippen molar-refractivity contribution in [2.24, 2.45) is 31.0 Å². The van der Waals surface area contributed by atoms with E-state index in [2.05, 4.69) is 38.0 Å². The molecule has 0 aliphatic carbocycles. The Hall–Kier alpha value is -6.28. The molecule has 2 aliphatic rings. The maximum atomic E-state index is 12.7. The van der Waals surface area contributed by atoms with Gasteiger partial charge in [0.25, 0.3) is 31.4 Å². The number of carbonyl (C=O) groups excluding carboxylic acids is 3. The van der Waals surface area contributed by atoms with Gasteiger partial charge in [-0.25, -0.2) is 32.9 Å². The summed E-state index contributed by atoms with van der Waals surface area (Å²) in [6.45, 7) is 1.22. The quantitative estimate of drug-likeness (QED) is 0.0300. The highest BCUT2D eigenvalue weighted by molar-refractivity contribution is 8.39. The number of imidazole rings is 1. The maximum absolute atomic E-state index is 12.7. The third kappa shape index (κ3) is 16.9. The van der Waals surface area contributed by atoms with E-state index in [1.807, 2.05) is 0 Å². The summed E-state index contributed by atoms with van der Waals surface area (Å²) in [6, 6.07) is 6.52. The first-order chi connectivity index (χ1) is 35.5. The number of benzene rings is 3. The lowest BCUT2D eigenvalue weighted by Gasteiger charge is -2.12. The molecule has 4 N–H and O–H groups in total. The lowest BCUT2D eigenvalue weighted by molar-refractivity contribution is -0.388. The van der Waals surface area contributed by atoms with Crippen LogP contribution in [0, 0.1) is 20.2 Å². The van der Waals surface area contributed by atoms with Crippen molar-refractivity contribution in [3.8, 4) is 0 Å². The van der Waals surface area contributed by atoms with Crippen molar-refractivity contribution in [2.75, 3.05) is 79.8 Å². The third-order valence-electron chi connectivity index (χ3n) is 8.97. The molecule has 410 valence electrons. The average molecular weight is 1210 g/mol. The van der Waals surface area contributed by atoms with Crippen LogP contribution >= 0.6 is 58.8 Å². The van der Waals surface area contributed by atoms with Crippen LogP contribution < -0.4 is 10.9 Å². The number of nitrogens with two attached hydrogens (primary N) is 2. The third-order valence-corrected chi connectivity index (χ3v) is 18.6. The Morgan fingerprint density at radius 2 is 1.08 bits per heavy atom. The molecular formula is C40H46N12O16S8. The maximum Gasteiger partial charge on any atom is 0.338 e. The van der Waals surface area contributed by atoms with Gasteiger partial charge in [0.2, 0.25) is 10.0 Å². The fourth-order valence-corrected chi connectivity index (χ4v) is 14.5. The lowest BCUT2D eigenvalue weighted by Crippen LogP contribution is -2.16. The Labute approximate surface area is 456 Å². The summed E-state index contributed by atoms with van der Waals surface area (Å²) in [7, 11) is -1.25. The minimum Gasteiger partial charge on any atom is -0.465 e. The fraction of sp³-hybridized carbons (Fsp3) is 0.300. The van der Waals surface area contributed by atoms with Crippen LogP contribution in [0.25, 0.3) is 0 Å². The number of aryl methyl sites for hydroxylation is 1. The number of aromatic nitrogens is 2. The number of nitro groups is 2. The van der Waals surface area contributed by atoms with Crippen molar-refractivity contribution in [3.63, 3.8) is 0 Å². The average Bonchev–Trinajstić information content (AvgIpc) is 4.17. The highest BCUT2D eigenvalue weighted by Gasteiger charge is 2.33. The summed E-state index contributed by atoms with van der Waals surface area (Å²) >= 11 is 5.68. The first-order valence-electron chi connectivity index (χ1n) is 20.7. The summed E-state index contributed by atoms with van der Waals surface area (Å²) < 4.78 is 98.1. The summed E-state index contributed by atoms with van der Waals surface area (Å²) in [4.78, 5) is 70.8. The normalized spacial score (nSPS) is 13.4. The van der Waals surface area contributed by atoms with Crippen LogP contribution in [0.15, 0.2) is 102 Å². The Balaban J connectivity index is 0.000000247. The smallest absolute Gasteiger partial charge is 0.338 e. The fourth-order valence-electron chi connectivity index (χ4n) is 5.58. The van der Waals surface area contributed by atoms with Gasteiger partial charge in [0.05, 0.1) is 65.9 Å². The molecule has 4 aromatic rings. The zero-order valence-corrected chi connectivity index (χ0v) is 47.6. The van der Waals surface area contributed by atoms with Crippen LogP contribution in [0.2, 0.25) is 0 Å². The number of nitrogen functional groups attached to an aromatic ring is 1. The number of hydrogen-bond donors (Lipinski definition) is 2. The summed E-state index contributed by atoms with van der Waals surface area (Å²) in [5.41, 5.74) is 4.56. The molecule has 0 atom stereocenters. The number of aliphatic imine (C=N–C) groups is 2. The van der Waals surface area contributed by atoms with E-state index in [1.54, 1.807) is 46.0 Å². The molecule has 0 amide bonds. The van der Waals surface area contributed by atoms with E-state index >= 15 is 0 Å². The Morgan fingerprint density at radius 3 is 1.43 bits per heavy atom. The van der Waals surface area contributed by atoms with Gasteiger partial charge < -0.3 is 34.3 Å². The van der Waals surface area contributed by atoms with Crippen LogP contribution in [0.5, 0.6) is 0 Å². The molecule has 2 aliphatic heterocycles. The number of methoxy groups -OCH3 is 3. The van der Waals surface area contributed by atoms with E-state index in [1.165, 1.54) is 65.1 Å². The van der Waals surface area contributed by atoms with Crippen LogP contribution in [0.4, 0.5) is 17.1 Å². The lowest BCUT2D eigenvalue weighted by atomic mass is 10.2. The minimum atomic E-state index is -4.34. The highest BCUT2D eigenvalue weighted by Crippen LogP contribution is 2.43. The second-order valence-electron chi connectivity index (χ2n) is 15.0. The van der Waals surface area contributed by atoms with E-state index in [0.717, 1.165) is 90.2 Å². The van der Waals surface area contributed by atoms with Crippen molar-refractivity contribution in [2.45, 2.75) is 34.5 Å². The van der Waals surface area contributed by atoms with Crippen molar-refractivity contribution in [3.05, 3.63) is 85.7 Å². The van der Waals surface area contributed by atoms with Gasteiger partial charge >= 0.3 is 17.9 Å². The van der Waals surface area contributed by atoms with Gasteiger partial charge in [0, 0.05) is 77.0 Å². The molecule has 0 unspecified atom stereocenters. The second-order valence-corrected chi connectivity index (χ2v) is 25.4. The van der Waals surface area contributed by atoms with Crippen molar-refractivity contribution in [1.82, 2.24) is 19.4 Å². The molecule has 1 aromatic heterocycles. The Bertz CT molecular complexity index is 3390.